The van der Waals surface area contributed by atoms with Crippen molar-refractivity contribution in [1.82, 2.24) is 24.6 Å². The Hall–Kier alpha value is -3.11. The highest BCUT2D eigenvalue weighted by atomic mass is 35.5. The molecular weight excluding hydrogens is 364 g/mol. The number of amides is 1. The molecule has 0 fully saturated rings. The molecule has 0 aliphatic carbocycles. The first-order chi connectivity index (χ1) is 13.0. The van der Waals surface area contributed by atoms with Crippen molar-refractivity contribution >= 4 is 17.5 Å². The molecule has 1 N–H and O–H groups in total. The van der Waals surface area contributed by atoms with Gasteiger partial charge < -0.3 is 9.88 Å². The molecule has 1 atom stereocenters. The van der Waals surface area contributed by atoms with Crippen LogP contribution in [0.3, 0.4) is 0 Å². The van der Waals surface area contributed by atoms with E-state index >= 15 is 0 Å². The molecule has 0 aliphatic heterocycles. The number of hydrogen-bond donors (Lipinski definition) is 1. The van der Waals surface area contributed by atoms with Crippen molar-refractivity contribution < 1.29 is 4.79 Å². The number of nitrogens with one attached hydrogen (secondary N) is 1. The van der Waals surface area contributed by atoms with Crippen molar-refractivity contribution in [3.05, 3.63) is 59.3 Å². The Morgan fingerprint density at radius 3 is 2.89 bits per heavy atom. The van der Waals surface area contributed by atoms with Gasteiger partial charge >= 0.3 is 0 Å². The molecule has 2 heterocycles. The van der Waals surface area contributed by atoms with Crippen molar-refractivity contribution in [2.45, 2.75) is 33.0 Å². The predicted octanol–water partition coefficient (Wildman–Crippen LogP) is 3.11. The fraction of sp³-hybridized carbons (Fsp3) is 0.263. The molecule has 1 aromatic carbocycles. The molecule has 0 radical (unpaired) electrons. The van der Waals surface area contributed by atoms with E-state index in [0.29, 0.717) is 22.8 Å². The number of benzene rings is 1. The largest absolute Gasteiger partial charge is 0.346 e. The van der Waals surface area contributed by atoms with Crippen LogP contribution in [0.5, 0.6) is 0 Å². The fourth-order valence-corrected chi connectivity index (χ4v) is 2.88. The van der Waals surface area contributed by atoms with Crippen molar-refractivity contribution in [2.75, 3.05) is 0 Å². The Morgan fingerprint density at radius 2 is 2.22 bits per heavy atom. The summed E-state index contributed by atoms with van der Waals surface area (Å²) in [4.78, 5) is 16.3. The Labute approximate surface area is 162 Å². The standard InChI is InChI=1S/C19H19ClN6O/c1-3-25-11-18(22-12-25)19(27)23-13(2)10-26-7-6-17(24-26)14-4-5-15(9-21)16(20)8-14/h4-8,11-13H,3,10H2,1-2H3,(H,23,27). The van der Waals surface area contributed by atoms with Crippen LogP contribution in [0.1, 0.15) is 29.9 Å². The molecule has 2 aromatic heterocycles. The Morgan fingerprint density at radius 1 is 1.41 bits per heavy atom. The second kappa shape index (κ2) is 8.06. The zero-order chi connectivity index (χ0) is 19.4. The zero-order valence-electron chi connectivity index (χ0n) is 15.1. The molecule has 1 unspecified atom stereocenters. The number of hydrogen-bond acceptors (Lipinski definition) is 4. The topological polar surface area (TPSA) is 88.5 Å². The van der Waals surface area contributed by atoms with Crippen molar-refractivity contribution in [1.29, 1.82) is 5.26 Å². The lowest BCUT2D eigenvalue weighted by Gasteiger charge is -2.13. The van der Waals surface area contributed by atoms with Gasteiger partial charge in [0.05, 0.1) is 29.2 Å². The molecule has 0 spiro atoms. The van der Waals surface area contributed by atoms with E-state index in [4.69, 9.17) is 16.9 Å². The molecule has 138 valence electrons. The number of aryl methyl sites for hydroxylation is 1. The summed E-state index contributed by atoms with van der Waals surface area (Å²) in [5.74, 6) is -0.207. The number of carbonyl (C=O) groups is 1. The number of halogens is 1. The van der Waals surface area contributed by atoms with Crippen LogP contribution < -0.4 is 5.32 Å². The van der Waals surface area contributed by atoms with Gasteiger partial charge in [-0.05, 0) is 32.0 Å². The monoisotopic (exact) mass is 382 g/mol. The van der Waals surface area contributed by atoms with Crippen LogP contribution in [0.15, 0.2) is 43.0 Å². The first-order valence-electron chi connectivity index (χ1n) is 8.56. The summed E-state index contributed by atoms with van der Waals surface area (Å²) in [5.41, 5.74) is 2.42. The summed E-state index contributed by atoms with van der Waals surface area (Å²) < 4.78 is 3.61. The molecule has 3 aromatic rings. The van der Waals surface area contributed by atoms with Gasteiger partial charge in [0.15, 0.2) is 0 Å². The van der Waals surface area contributed by atoms with Gasteiger partial charge in [-0.2, -0.15) is 10.4 Å². The minimum Gasteiger partial charge on any atom is -0.346 e. The van der Waals surface area contributed by atoms with E-state index in [-0.39, 0.29) is 11.9 Å². The van der Waals surface area contributed by atoms with Crippen LogP contribution in [0, 0.1) is 11.3 Å². The Balaban J connectivity index is 1.64. The fourth-order valence-electron chi connectivity index (χ4n) is 2.66. The summed E-state index contributed by atoms with van der Waals surface area (Å²) in [6.07, 6.45) is 5.21. The third-order valence-corrected chi connectivity index (χ3v) is 4.41. The first-order valence-corrected chi connectivity index (χ1v) is 8.94. The lowest BCUT2D eigenvalue weighted by molar-refractivity contribution is 0.0931. The quantitative estimate of drug-likeness (QED) is 0.709. The average Bonchev–Trinajstić information content (AvgIpc) is 3.30. The van der Waals surface area contributed by atoms with Gasteiger partial charge in [0.25, 0.3) is 5.91 Å². The maximum absolute atomic E-state index is 12.2. The molecule has 0 aliphatic rings. The minimum atomic E-state index is -0.207. The normalized spacial score (nSPS) is 11.8. The van der Waals surface area contributed by atoms with Crippen LogP contribution in [0.2, 0.25) is 5.02 Å². The van der Waals surface area contributed by atoms with Crippen molar-refractivity contribution in [2.24, 2.45) is 0 Å². The number of imidazole rings is 1. The Kier molecular flexibility index (Phi) is 5.57. The zero-order valence-corrected chi connectivity index (χ0v) is 15.8. The van der Waals surface area contributed by atoms with E-state index < -0.39 is 0 Å². The third-order valence-electron chi connectivity index (χ3n) is 4.10. The molecule has 1 amide bonds. The predicted molar refractivity (Wildman–Crippen MR) is 102 cm³/mol. The second-order valence-corrected chi connectivity index (χ2v) is 6.60. The van der Waals surface area contributed by atoms with Gasteiger partial charge in [0.1, 0.15) is 11.8 Å². The molecule has 7 nitrogen and oxygen atoms in total. The van der Waals surface area contributed by atoms with Gasteiger partial charge in [-0.25, -0.2) is 4.98 Å². The van der Waals surface area contributed by atoms with Crippen LogP contribution >= 0.6 is 11.6 Å². The van der Waals surface area contributed by atoms with Crippen LogP contribution in [0.25, 0.3) is 11.3 Å². The smallest absolute Gasteiger partial charge is 0.271 e. The Bertz CT molecular complexity index is 1000. The van der Waals surface area contributed by atoms with Crippen LogP contribution in [-0.2, 0) is 13.1 Å². The number of carbonyl (C=O) groups excluding carboxylic acids is 1. The van der Waals surface area contributed by atoms with Crippen molar-refractivity contribution in [3.8, 4) is 17.3 Å². The highest BCUT2D eigenvalue weighted by molar-refractivity contribution is 6.32. The minimum absolute atomic E-state index is 0.124. The van der Waals surface area contributed by atoms with Gasteiger partial charge in [0, 0.05) is 30.5 Å². The lowest BCUT2D eigenvalue weighted by atomic mass is 10.1. The molecule has 8 heteroatoms. The SMILES string of the molecule is CCn1cnc(C(=O)NC(C)Cn2ccc(-c3ccc(C#N)c(Cl)c3)n2)c1. The number of nitrogens with zero attached hydrogens (tertiary/aromatic N) is 5. The summed E-state index contributed by atoms with van der Waals surface area (Å²) in [6, 6.07) is 9.00. The number of rotatable bonds is 6. The maximum atomic E-state index is 12.2. The van der Waals surface area contributed by atoms with E-state index in [2.05, 4.69) is 15.4 Å². The third kappa shape index (κ3) is 4.36. The second-order valence-electron chi connectivity index (χ2n) is 6.19. The van der Waals surface area contributed by atoms with Crippen LogP contribution in [-0.4, -0.2) is 31.3 Å². The van der Waals surface area contributed by atoms with E-state index in [9.17, 15) is 4.79 Å². The van der Waals surface area contributed by atoms with E-state index in [1.54, 1.807) is 29.3 Å². The number of nitriles is 1. The summed E-state index contributed by atoms with van der Waals surface area (Å²) in [6.45, 7) is 5.19. The first kappa shape index (κ1) is 18.7. The molecule has 0 bridgehead atoms. The van der Waals surface area contributed by atoms with Gasteiger partial charge in [-0.1, -0.05) is 17.7 Å². The van der Waals surface area contributed by atoms with Crippen LogP contribution in [0.4, 0.5) is 0 Å². The molecule has 0 saturated carbocycles. The number of aromatic nitrogens is 4. The molecular formula is C19H19ClN6O. The lowest BCUT2D eigenvalue weighted by Crippen LogP contribution is -2.36. The molecule has 27 heavy (non-hydrogen) atoms. The summed E-state index contributed by atoms with van der Waals surface area (Å²) in [7, 11) is 0. The van der Waals surface area contributed by atoms with Crippen molar-refractivity contribution in [3.63, 3.8) is 0 Å². The molecule has 3 rings (SSSR count). The van der Waals surface area contributed by atoms with Gasteiger partial charge in [0.2, 0.25) is 0 Å². The summed E-state index contributed by atoms with van der Waals surface area (Å²) in [5, 5.41) is 16.8. The maximum Gasteiger partial charge on any atom is 0.271 e. The van der Waals surface area contributed by atoms with Gasteiger partial charge in [-0.15, -0.1) is 0 Å². The van der Waals surface area contributed by atoms with Gasteiger partial charge in [-0.3, -0.25) is 9.48 Å². The van der Waals surface area contributed by atoms with E-state index in [0.717, 1.165) is 17.8 Å². The highest BCUT2D eigenvalue weighted by Gasteiger charge is 2.14. The molecule has 0 saturated heterocycles. The summed E-state index contributed by atoms with van der Waals surface area (Å²) >= 11 is 6.09. The highest BCUT2D eigenvalue weighted by Crippen LogP contribution is 2.24. The average molecular weight is 383 g/mol. The van der Waals surface area contributed by atoms with E-state index in [1.807, 2.05) is 42.8 Å². The van der Waals surface area contributed by atoms with E-state index in [1.165, 1.54) is 0 Å².